The van der Waals surface area contributed by atoms with Crippen LogP contribution in [0.5, 0.6) is 0 Å². The quantitative estimate of drug-likeness (QED) is 0.632. The van der Waals surface area contributed by atoms with Crippen molar-refractivity contribution in [1.29, 1.82) is 0 Å². The largest absolute Gasteiger partial charge is 0.493 e. The van der Waals surface area contributed by atoms with Gasteiger partial charge in [-0.05, 0) is 50.9 Å². The Morgan fingerprint density at radius 1 is 1.08 bits per heavy atom. The molecule has 1 unspecified atom stereocenters. The Morgan fingerprint density at radius 3 is 2.32 bits per heavy atom. The topological polar surface area (TPSA) is 36.9 Å². The van der Waals surface area contributed by atoms with Crippen molar-refractivity contribution in [2.45, 2.75) is 108 Å². The number of hydrogen-bond donors (Lipinski definition) is 0. The highest BCUT2D eigenvalue weighted by atomic mass is 28.4. The second-order valence-electron chi connectivity index (χ2n) is 9.89. The molecule has 3 aliphatic rings. The van der Waals surface area contributed by atoms with E-state index in [4.69, 9.17) is 18.6 Å². The van der Waals surface area contributed by atoms with Crippen LogP contribution < -0.4 is 0 Å². The Balaban J connectivity index is 1.93. The third-order valence-corrected chi connectivity index (χ3v) is 11.6. The predicted molar refractivity (Wildman–Crippen MR) is 102 cm³/mol. The zero-order chi connectivity index (χ0) is 18.6. The molecule has 1 saturated carbocycles. The van der Waals surface area contributed by atoms with E-state index in [1.54, 1.807) is 6.26 Å². The fourth-order valence-electron chi connectivity index (χ4n) is 4.04. The minimum absolute atomic E-state index is 0.139. The van der Waals surface area contributed by atoms with Crippen LogP contribution in [0.2, 0.25) is 18.1 Å². The number of ether oxygens (including phenoxy) is 3. The summed E-state index contributed by atoms with van der Waals surface area (Å²) in [7, 11) is -1.98. The summed E-state index contributed by atoms with van der Waals surface area (Å²) in [5.41, 5.74) is -1.07. The molecule has 4 nitrogen and oxygen atoms in total. The first kappa shape index (κ1) is 19.4. The van der Waals surface area contributed by atoms with Crippen LogP contribution in [0.15, 0.2) is 12.3 Å². The average Bonchev–Trinajstić information content (AvgIpc) is 2.48. The van der Waals surface area contributed by atoms with E-state index in [0.29, 0.717) is 6.61 Å². The van der Waals surface area contributed by atoms with Crippen LogP contribution in [0.25, 0.3) is 0 Å². The van der Waals surface area contributed by atoms with Crippen molar-refractivity contribution >= 4 is 8.32 Å². The van der Waals surface area contributed by atoms with Crippen LogP contribution in [-0.2, 0) is 18.6 Å². The van der Waals surface area contributed by atoms with Gasteiger partial charge in [-0.2, -0.15) is 0 Å². The van der Waals surface area contributed by atoms with Gasteiger partial charge in [0.2, 0.25) is 0 Å². The third-order valence-electron chi connectivity index (χ3n) is 7.01. The van der Waals surface area contributed by atoms with Crippen molar-refractivity contribution in [2.75, 3.05) is 6.61 Å². The molecule has 1 aliphatic carbocycles. The summed E-state index contributed by atoms with van der Waals surface area (Å²) >= 11 is 0. The summed E-state index contributed by atoms with van der Waals surface area (Å²) in [5, 5.41) is 0.141. The first-order chi connectivity index (χ1) is 11.4. The van der Waals surface area contributed by atoms with Crippen molar-refractivity contribution in [3.05, 3.63) is 12.3 Å². The van der Waals surface area contributed by atoms with E-state index in [-0.39, 0.29) is 11.1 Å². The molecule has 2 aliphatic heterocycles. The van der Waals surface area contributed by atoms with Crippen LogP contribution >= 0.6 is 0 Å². The zero-order valence-corrected chi connectivity index (χ0v) is 18.1. The van der Waals surface area contributed by atoms with Gasteiger partial charge in [-0.1, -0.05) is 27.2 Å². The van der Waals surface area contributed by atoms with Gasteiger partial charge in [0.25, 0.3) is 0 Å². The van der Waals surface area contributed by atoms with Crippen molar-refractivity contribution in [1.82, 2.24) is 0 Å². The van der Waals surface area contributed by atoms with Gasteiger partial charge in [0.05, 0.1) is 12.9 Å². The molecule has 2 fully saturated rings. The van der Waals surface area contributed by atoms with Crippen molar-refractivity contribution < 1.29 is 18.6 Å². The minimum atomic E-state index is -1.98. The third kappa shape index (κ3) is 3.22. The SMILES string of the molecule is CC(C)(C)[Si](C)(C)O[C@]1(C)C=COC2COC3(CCCCC3)O[C@]21C. The van der Waals surface area contributed by atoms with Gasteiger partial charge < -0.3 is 18.6 Å². The Labute approximate surface area is 154 Å². The van der Waals surface area contributed by atoms with Gasteiger partial charge in [0, 0.05) is 12.8 Å². The van der Waals surface area contributed by atoms with Crippen LogP contribution in [-0.4, -0.2) is 38.0 Å². The van der Waals surface area contributed by atoms with Crippen molar-refractivity contribution in [3.63, 3.8) is 0 Å². The molecule has 5 heteroatoms. The fraction of sp³-hybridized carbons (Fsp3) is 0.900. The van der Waals surface area contributed by atoms with Gasteiger partial charge in [0.15, 0.2) is 20.2 Å². The molecule has 0 N–H and O–H groups in total. The van der Waals surface area contributed by atoms with Gasteiger partial charge in [0.1, 0.15) is 11.2 Å². The molecule has 0 radical (unpaired) electrons. The van der Waals surface area contributed by atoms with Crippen LogP contribution in [0, 0.1) is 0 Å². The maximum atomic E-state index is 6.93. The molecular formula is C20H36O4Si. The van der Waals surface area contributed by atoms with Crippen LogP contribution in [0.1, 0.15) is 66.7 Å². The molecule has 0 aromatic carbocycles. The van der Waals surface area contributed by atoms with E-state index in [2.05, 4.69) is 53.8 Å². The zero-order valence-electron chi connectivity index (χ0n) is 17.1. The summed E-state index contributed by atoms with van der Waals surface area (Å²) in [6.45, 7) is 16.3. The molecular weight excluding hydrogens is 332 g/mol. The lowest BCUT2D eigenvalue weighted by Crippen LogP contribution is -2.71. The molecule has 1 spiro atoms. The summed E-state index contributed by atoms with van der Waals surface area (Å²) < 4.78 is 25.8. The first-order valence-electron chi connectivity index (χ1n) is 9.81. The van der Waals surface area contributed by atoms with E-state index in [0.717, 1.165) is 25.7 Å². The van der Waals surface area contributed by atoms with E-state index in [1.165, 1.54) is 6.42 Å². The maximum absolute atomic E-state index is 6.93. The summed E-state index contributed by atoms with van der Waals surface area (Å²) in [4.78, 5) is 0. The molecule has 144 valence electrons. The van der Waals surface area contributed by atoms with Gasteiger partial charge in [-0.15, -0.1) is 0 Å². The summed E-state index contributed by atoms with van der Waals surface area (Å²) in [6, 6.07) is 0. The molecule has 0 bridgehead atoms. The van der Waals surface area contributed by atoms with E-state index < -0.39 is 25.3 Å². The van der Waals surface area contributed by atoms with Gasteiger partial charge in [-0.3, -0.25) is 0 Å². The Hall–Kier alpha value is -0.363. The predicted octanol–water partition coefficient (Wildman–Crippen LogP) is 5.15. The summed E-state index contributed by atoms with van der Waals surface area (Å²) in [5.74, 6) is -0.462. The van der Waals surface area contributed by atoms with Crippen molar-refractivity contribution in [3.8, 4) is 0 Å². The maximum Gasteiger partial charge on any atom is 0.193 e. The second-order valence-corrected chi connectivity index (χ2v) is 14.6. The summed E-state index contributed by atoms with van der Waals surface area (Å²) in [6.07, 6.45) is 9.23. The van der Waals surface area contributed by atoms with Crippen LogP contribution in [0.4, 0.5) is 0 Å². The number of rotatable bonds is 2. The van der Waals surface area contributed by atoms with Crippen LogP contribution in [0.3, 0.4) is 0 Å². The Morgan fingerprint density at radius 2 is 1.72 bits per heavy atom. The molecule has 25 heavy (non-hydrogen) atoms. The fourth-order valence-corrected chi connectivity index (χ4v) is 5.68. The Kier molecular flexibility index (Phi) is 4.72. The van der Waals surface area contributed by atoms with Crippen molar-refractivity contribution in [2.24, 2.45) is 0 Å². The number of fused-ring (bicyclic) bond motifs is 1. The molecule has 0 aromatic rings. The molecule has 1 saturated heterocycles. The Bertz CT molecular complexity index is 532. The smallest absolute Gasteiger partial charge is 0.193 e. The standard InChI is InChI=1S/C20H36O4Si/c1-17(2,3)25(6,7)24-18(4)13-14-21-16-15-22-20(23-19(16,18)5)11-9-8-10-12-20/h13-14,16H,8-12,15H2,1-7H3/t16?,18-,19-/m1/s1. The lowest BCUT2D eigenvalue weighted by atomic mass is 9.77. The molecule has 3 atom stereocenters. The normalized spacial score (nSPS) is 38.3. The molecule has 0 amide bonds. The van der Waals surface area contributed by atoms with Gasteiger partial charge in [-0.25, -0.2) is 0 Å². The van der Waals surface area contributed by atoms with E-state index in [1.807, 2.05) is 0 Å². The second kappa shape index (κ2) is 6.08. The molecule has 3 rings (SSSR count). The highest BCUT2D eigenvalue weighted by Crippen LogP contribution is 2.51. The lowest BCUT2D eigenvalue weighted by Gasteiger charge is -2.59. The highest BCUT2D eigenvalue weighted by molar-refractivity contribution is 6.74. The van der Waals surface area contributed by atoms with E-state index >= 15 is 0 Å². The lowest BCUT2D eigenvalue weighted by molar-refractivity contribution is -0.387. The number of hydrogen-bond acceptors (Lipinski definition) is 4. The molecule has 2 heterocycles. The highest BCUT2D eigenvalue weighted by Gasteiger charge is 2.62. The average molecular weight is 369 g/mol. The monoisotopic (exact) mass is 368 g/mol. The molecule has 0 aromatic heterocycles. The van der Waals surface area contributed by atoms with Gasteiger partial charge >= 0.3 is 0 Å². The minimum Gasteiger partial charge on any atom is -0.493 e. The first-order valence-corrected chi connectivity index (χ1v) is 12.7. The van der Waals surface area contributed by atoms with E-state index in [9.17, 15) is 0 Å².